The number of rotatable bonds is 2. The summed E-state index contributed by atoms with van der Waals surface area (Å²) >= 11 is 0. The number of benzene rings is 1. The molecular weight excluding hydrogens is 240 g/mol. The lowest BCUT2D eigenvalue weighted by Crippen LogP contribution is -1.97. The van der Waals surface area contributed by atoms with Crippen molar-refractivity contribution in [3.05, 3.63) is 47.7 Å². The molecule has 0 aliphatic heterocycles. The Morgan fingerprint density at radius 2 is 2.00 bits per heavy atom. The van der Waals surface area contributed by atoms with Crippen LogP contribution in [-0.4, -0.2) is 4.98 Å². The molecule has 18 heavy (non-hydrogen) atoms. The SMILES string of the molecule is N#Cc1cccc(Oc2cc(F)c(N)cc2F)n1. The zero-order chi connectivity index (χ0) is 13.1. The van der Waals surface area contributed by atoms with Crippen LogP contribution in [0.4, 0.5) is 14.5 Å². The molecular formula is C12H7F2N3O. The van der Waals surface area contributed by atoms with E-state index >= 15 is 0 Å². The van der Waals surface area contributed by atoms with Gasteiger partial charge in [-0.1, -0.05) is 6.07 Å². The molecule has 0 amide bonds. The normalized spacial score (nSPS) is 9.83. The van der Waals surface area contributed by atoms with Crippen molar-refractivity contribution in [2.24, 2.45) is 0 Å². The first-order valence-corrected chi connectivity index (χ1v) is 4.89. The van der Waals surface area contributed by atoms with Gasteiger partial charge < -0.3 is 10.5 Å². The van der Waals surface area contributed by atoms with Gasteiger partial charge in [-0.15, -0.1) is 0 Å². The predicted molar refractivity (Wildman–Crippen MR) is 59.8 cm³/mol. The standard InChI is InChI=1S/C12H7F2N3O/c13-8-5-11(9(14)4-10(8)16)18-12-3-1-2-7(6-15)17-12/h1-5H,16H2. The molecule has 0 saturated heterocycles. The third kappa shape index (κ3) is 2.35. The summed E-state index contributed by atoms with van der Waals surface area (Å²) < 4.78 is 31.7. The summed E-state index contributed by atoms with van der Waals surface area (Å²) in [5.41, 5.74) is 5.01. The fourth-order valence-electron chi connectivity index (χ4n) is 1.27. The smallest absolute Gasteiger partial charge is 0.220 e. The minimum Gasteiger partial charge on any atom is -0.436 e. The van der Waals surface area contributed by atoms with Crippen LogP contribution in [0.25, 0.3) is 0 Å². The molecule has 90 valence electrons. The van der Waals surface area contributed by atoms with Crippen LogP contribution in [0.5, 0.6) is 11.6 Å². The molecule has 0 unspecified atom stereocenters. The fraction of sp³-hybridized carbons (Fsp3) is 0. The number of hydrogen-bond donors (Lipinski definition) is 1. The van der Waals surface area contributed by atoms with Crippen LogP contribution >= 0.6 is 0 Å². The Morgan fingerprint density at radius 1 is 1.22 bits per heavy atom. The van der Waals surface area contributed by atoms with Crippen molar-refractivity contribution in [1.29, 1.82) is 5.26 Å². The number of hydrogen-bond acceptors (Lipinski definition) is 4. The van der Waals surface area contributed by atoms with Crippen molar-refractivity contribution in [1.82, 2.24) is 4.98 Å². The largest absolute Gasteiger partial charge is 0.436 e. The quantitative estimate of drug-likeness (QED) is 0.828. The Hall–Kier alpha value is -2.68. The molecule has 0 saturated carbocycles. The van der Waals surface area contributed by atoms with Crippen LogP contribution in [0.2, 0.25) is 0 Å². The number of anilines is 1. The zero-order valence-corrected chi connectivity index (χ0v) is 9.02. The molecule has 1 aromatic carbocycles. The maximum absolute atomic E-state index is 13.4. The predicted octanol–water partition coefficient (Wildman–Crippen LogP) is 2.61. The fourth-order valence-corrected chi connectivity index (χ4v) is 1.27. The molecule has 0 fully saturated rings. The average Bonchev–Trinajstić information content (AvgIpc) is 2.36. The summed E-state index contributed by atoms with van der Waals surface area (Å²) in [6.07, 6.45) is 0. The van der Waals surface area contributed by atoms with E-state index in [1.165, 1.54) is 18.2 Å². The first kappa shape index (κ1) is 11.8. The van der Waals surface area contributed by atoms with Crippen molar-refractivity contribution in [2.75, 3.05) is 5.73 Å². The lowest BCUT2D eigenvalue weighted by Gasteiger charge is -2.07. The number of ether oxygens (including phenoxy) is 1. The van der Waals surface area contributed by atoms with E-state index in [1.54, 1.807) is 0 Å². The Morgan fingerprint density at radius 3 is 2.72 bits per heavy atom. The highest BCUT2D eigenvalue weighted by molar-refractivity contribution is 5.45. The Balaban J connectivity index is 2.34. The molecule has 0 bridgehead atoms. The lowest BCUT2D eigenvalue weighted by molar-refractivity contribution is 0.423. The van der Waals surface area contributed by atoms with E-state index in [0.29, 0.717) is 0 Å². The van der Waals surface area contributed by atoms with Gasteiger partial charge in [0, 0.05) is 18.2 Å². The number of nitriles is 1. The molecule has 2 N–H and O–H groups in total. The monoisotopic (exact) mass is 247 g/mol. The number of pyridine rings is 1. The minimum atomic E-state index is -0.807. The lowest BCUT2D eigenvalue weighted by atomic mass is 10.3. The van der Waals surface area contributed by atoms with Gasteiger partial charge in [0.25, 0.3) is 0 Å². The second-order valence-corrected chi connectivity index (χ2v) is 3.38. The minimum absolute atomic E-state index is 0.00267. The molecule has 0 spiro atoms. The summed E-state index contributed by atoms with van der Waals surface area (Å²) in [5, 5.41) is 8.64. The highest BCUT2D eigenvalue weighted by Gasteiger charge is 2.10. The summed E-state index contributed by atoms with van der Waals surface area (Å²) in [4.78, 5) is 3.78. The Labute approximate surface area is 101 Å². The van der Waals surface area contributed by atoms with E-state index in [2.05, 4.69) is 4.98 Å². The molecule has 0 aliphatic carbocycles. The van der Waals surface area contributed by atoms with Crippen molar-refractivity contribution in [3.8, 4) is 17.7 Å². The van der Waals surface area contributed by atoms with Crippen molar-refractivity contribution in [3.63, 3.8) is 0 Å². The molecule has 0 radical (unpaired) electrons. The van der Waals surface area contributed by atoms with Crippen LogP contribution in [0, 0.1) is 23.0 Å². The molecule has 1 aromatic heterocycles. The number of aromatic nitrogens is 1. The van der Waals surface area contributed by atoms with Crippen molar-refractivity contribution >= 4 is 5.69 Å². The van der Waals surface area contributed by atoms with E-state index in [1.807, 2.05) is 6.07 Å². The van der Waals surface area contributed by atoms with E-state index in [9.17, 15) is 8.78 Å². The summed E-state index contributed by atoms with van der Waals surface area (Å²) in [7, 11) is 0. The average molecular weight is 247 g/mol. The van der Waals surface area contributed by atoms with Crippen LogP contribution in [0.1, 0.15) is 5.69 Å². The molecule has 4 nitrogen and oxygen atoms in total. The first-order chi connectivity index (χ1) is 8.60. The third-order valence-electron chi connectivity index (χ3n) is 2.10. The molecule has 0 aliphatic rings. The number of nitrogens with two attached hydrogens (primary N) is 1. The van der Waals surface area contributed by atoms with E-state index in [-0.39, 0.29) is 23.0 Å². The van der Waals surface area contributed by atoms with Gasteiger partial charge >= 0.3 is 0 Å². The van der Waals surface area contributed by atoms with E-state index in [4.69, 9.17) is 15.7 Å². The number of nitrogen functional groups attached to an aromatic ring is 1. The summed E-state index contributed by atoms with van der Waals surface area (Å²) in [6, 6.07) is 7.86. The molecule has 0 atom stereocenters. The van der Waals surface area contributed by atoms with Crippen LogP contribution < -0.4 is 10.5 Å². The molecule has 2 rings (SSSR count). The van der Waals surface area contributed by atoms with Gasteiger partial charge in [-0.3, -0.25) is 0 Å². The van der Waals surface area contributed by atoms with Gasteiger partial charge in [0.05, 0.1) is 5.69 Å². The van der Waals surface area contributed by atoms with Crippen molar-refractivity contribution in [2.45, 2.75) is 0 Å². The first-order valence-electron chi connectivity index (χ1n) is 4.89. The van der Waals surface area contributed by atoms with Crippen molar-refractivity contribution < 1.29 is 13.5 Å². The number of halogens is 2. The van der Waals surface area contributed by atoms with Crippen LogP contribution in [0.15, 0.2) is 30.3 Å². The van der Waals surface area contributed by atoms with E-state index < -0.39 is 11.6 Å². The maximum atomic E-state index is 13.4. The Kier molecular flexibility index (Phi) is 3.06. The highest BCUT2D eigenvalue weighted by Crippen LogP contribution is 2.26. The number of nitrogens with zero attached hydrogens (tertiary/aromatic N) is 2. The second kappa shape index (κ2) is 4.67. The zero-order valence-electron chi connectivity index (χ0n) is 9.02. The second-order valence-electron chi connectivity index (χ2n) is 3.38. The van der Waals surface area contributed by atoms with Gasteiger partial charge in [0.2, 0.25) is 5.88 Å². The van der Waals surface area contributed by atoms with Gasteiger partial charge in [-0.2, -0.15) is 5.26 Å². The van der Waals surface area contributed by atoms with Gasteiger partial charge in [-0.05, 0) is 6.07 Å². The van der Waals surface area contributed by atoms with Crippen LogP contribution in [-0.2, 0) is 0 Å². The summed E-state index contributed by atoms with van der Waals surface area (Å²) in [5.74, 6) is -1.94. The highest BCUT2D eigenvalue weighted by atomic mass is 19.1. The topological polar surface area (TPSA) is 71.9 Å². The third-order valence-corrected chi connectivity index (χ3v) is 2.10. The summed E-state index contributed by atoms with van der Waals surface area (Å²) in [6.45, 7) is 0. The van der Waals surface area contributed by atoms with Gasteiger partial charge in [-0.25, -0.2) is 13.8 Å². The molecule has 1 heterocycles. The van der Waals surface area contributed by atoms with E-state index in [0.717, 1.165) is 12.1 Å². The van der Waals surface area contributed by atoms with Gasteiger partial charge in [0.15, 0.2) is 11.6 Å². The molecule has 6 heteroatoms. The Bertz CT molecular complexity index is 638. The van der Waals surface area contributed by atoms with Crippen LogP contribution in [0.3, 0.4) is 0 Å². The van der Waals surface area contributed by atoms with Gasteiger partial charge in [0.1, 0.15) is 17.6 Å². The molecule has 2 aromatic rings. The maximum Gasteiger partial charge on any atom is 0.220 e.